The van der Waals surface area contributed by atoms with Crippen LogP contribution in [0.15, 0.2) is 48.7 Å². The normalized spacial score (nSPS) is 18.9. The van der Waals surface area contributed by atoms with E-state index in [0.717, 1.165) is 5.56 Å². The number of anilines is 1. The monoisotopic (exact) mass is 437 g/mol. The van der Waals surface area contributed by atoms with Gasteiger partial charge in [0.1, 0.15) is 17.3 Å². The van der Waals surface area contributed by atoms with Gasteiger partial charge in [-0.3, -0.25) is 10.1 Å². The van der Waals surface area contributed by atoms with Crippen LogP contribution in [0.1, 0.15) is 41.8 Å². The number of aromatic nitrogens is 3. The van der Waals surface area contributed by atoms with Gasteiger partial charge in [0.25, 0.3) is 0 Å². The maximum atomic E-state index is 14.3. The third-order valence-corrected chi connectivity index (χ3v) is 5.36. The first-order chi connectivity index (χ1) is 15.4. The first-order valence-corrected chi connectivity index (χ1v) is 10.1. The van der Waals surface area contributed by atoms with Gasteiger partial charge in [-0.25, -0.2) is 13.5 Å². The van der Waals surface area contributed by atoms with Gasteiger partial charge >= 0.3 is 0 Å². The van der Waals surface area contributed by atoms with Gasteiger partial charge in [-0.2, -0.15) is 0 Å². The van der Waals surface area contributed by atoms with Crippen molar-refractivity contribution in [2.75, 3.05) is 5.32 Å². The number of amides is 1. The van der Waals surface area contributed by atoms with Crippen molar-refractivity contribution in [1.82, 2.24) is 20.3 Å². The highest BCUT2D eigenvalue weighted by atomic mass is 19.1. The number of terminal acetylenes is 1. The molecule has 0 bridgehead atoms. The first kappa shape index (κ1) is 21.6. The van der Waals surface area contributed by atoms with Crippen molar-refractivity contribution < 1.29 is 18.7 Å². The maximum Gasteiger partial charge on any atom is 0.241 e. The van der Waals surface area contributed by atoms with Gasteiger partial charge < -0.3 is 10.4 Å². The molecule has 2 heterocycles. The van der Waals surface area contributed by atoms with Crippen molar-refractivity contribution in [2.24, 2.45) is 0 Å². The molecule has 0 saturated heterocycles. The molecule has 1 amide bonds. The fourth-order valence-corrected chi connectivity index (χ4v) is 3.82. The zero-order chi connectivity index (χ0) is 22.7. The molecule has 3 aromatic rings. The molecule has 0 radical (unpaired) electrons. The number of hydrogen-bond donors (Lipinski definition) is 3. The molecule has 3 atom stereocenters. The molecular weight excluding hydrogens is 416 g/mol. The highest BCUT2D eigenvalue weighted by molar-refractivity contribution is 5.96. The molecule has 32 heavy (non-hydrogen) atoms. The van der Waals surface area contributed by atoms with Crippen LogP contribution in [0, 0.1) is 24.0 Å². The number of carbonyl (C=O) groups is 1. The number of aliphatic hydroxyl groups excluding tert-OH is 1. The van der Waals surface area contributed by atoms with Crippen LogP contribution in [-0.2, 0) is 11.3 Å². The molecule has 2 aromatic carbocycles. The van der Waals surface area contributed by atoms with E-state index in [2.05, 4.69) is 26.9 Å². The first-order valence-electron chi connectivity index (χ1n) is 10.1. The van der Waals surface area contributed by atoms with Crippen molar-refractivity contribution in [3.63, 3.8) is 0 Å². The molecule has 1 aliphatic rings. The Hall–Kier alpha value is -3.61. The number of nitrogens with one attached hydrogen (secondary N) is 2. The molecule has 0 aliphatic carbocycles. The summed E-state index contributed by atoms with van der Waals surface area (Å²) in [6, 6.07) is 10.6. The van der Waals surface area contributed by atoms with Crippen LogP contribution in [0.5, 0.6) is 0 Å². The lowest BCUT2D eigenvalue weighted by Crippen LogP contribution is -2.42. The number of fused-ring (bicyclic) bond motifs is 1. The third kappa shape index (κ3) is 4.66. The van der Waals surface area contributed by atoms with Gasteiger partial charge in [0.05, 0.1) is 24.5 Å². The molecule has 3 N–H and O–H groups in total. The molecule has 7 nitrogen and oxygen atoms in total. The number of nitrogens with zero attached hydrogens (tertiary/aromatic N) is 3. The predicted molar refractivity (Wildman–Crippen MR) is 113 cm³/mol. The molecule has 0 spiro atoms. The number of carbonyl (C=O) groups excluding carboxylic acids is 1. The Morgan fingerprint density at radius 1 is 1.31 bits per heavy atom. The van der Waals surface area contributed by atoms with Crippen LogP contribution >= 0.6 is 0 Å². The number of hydrogen-bond acceptors (Lipinski definition) is 5. The maximum absolute atomic E-state index is 14.3. The lowest BCUT2D eigenvalue weighted by atomic mass is 9.89. The van der Waals surface area contributed by atoms with Crippen LogP contribution in [0.2, 0.25) is 0 Å². The van der Waals surface area contributed by atoms with Crippen molar-refractivity contribution in [3.05, 3.63) is 77.1 Å². The van der Waals surface area contributed by atoms with E-state index in [1.807, 2.05) is 30.3 Å². The van der Waals surface area contributed by atoms with Crippen LogP contribution in [0.4, 0.5) is 14.5 Å². The van der Waals surface area contributed by atoms with Crippen molar-refractivity contribution in [2.45, 2.75) is 37.6 Å². The summed E-state index contributed by atoms with van der Waals surface area (Å²) in [7, 11) is 0. The van der Waals surface area contributed by atoms with E-state index >= 15 is 0 Å². The molecule has 1 unspecified atom stereocenters. The van der Waals surface area contributed by atoms with E-state index in [-0.39, 0.29) is 24.2 Å². The van der Waals surface area contributed by atoms with E-state index in [9.17, 15) is 18.7 Å². The van der Waals surface area contributed by atoms with E-state index in [0.29, 0.717) is 18.2 Å². The van der Waals surface area contributed by atoms with Crippen LogP contribution in [0.3, 0.4) is 0 Å². The summed E-state index contributed by atoms with van der Waals surface area (Å²) >= 11 is 0. The Morgan fingerprint density at radius 2 is 2.09 bits per heavy atom. The van der Waals surface area contributed by atoms with Crippen molar-refractivity contribution in [3.8, 4) is 12.3 Å². The number of rotatable bonds is 6. The highest BCUT2D eigenvalue weighted by Crippen LogP contribution is 2.36. The highest BCUT2D eigenvalue weighted by Gasteiger charge is 2.33. The Bertz CT molecular complexity index is 1160. The van der Waals surface area contributed by atoms with E-state index in [1.54, 1.807) is 10.9 Å². The second-order valence-electron chi connectivity index (χ2n) is 7.63. The van der Waals surface area contributed by atoms with Gasteiger partial charge in [0.2, 0.25) is 5.91 Å². The lowest BCUT2D eigenvalue weighted by Gasteiger charge is -2.21. The van der Waals surface area contributed by atoms with Gasteiger partial charge in [-0.1, -0.05) is 35.5 Å². The average molecular weight is 437 g/mol. The van der Waals surface area contributed by atoms with Gasteiger partial charge in [-0.05, 0) is 29.5 Å². The standard InChI is InChI=1S/C23H21F2N5O2/c1-2-6-15-9-19(22(31)27-21-17(15)10-16(24)11-18(21)25)26-23(32)20-13-30(29-28-20)12-14-7-4-3-5-8-14/h1,3-5,7-8,10-11,13,15,19,23,26,32H,6,9,12H2,(H,27,31)/t15-,19+,23?/m0/s1. The smallest absolute Gasteiger partial charge is 0.241 e. The summed E-state index contributed by atoms with van der Waals surface area (Å²) in [5, 5.41) is 23.9. The molecule has 4 rings (SSSR count). The summed E-state index contributed by atoms with van der Waals surface area (Å²) in [5.41, 5.74) is 1.44. The van der Waals surface area contributed by atoms with Gasteiger partial charge in [0, 0.05) is 12.5 Å². The topological polar surface area (TPSA) is 92.1 Å². The summed E-state index contributed by atoms with van der Waals surface area (Å²) < 4.78 is 29.7. The Balaban J connectivity index is 1.51. The molecule has 1 aliphatic heterocycles. The van der Waals surface area contributed by atoms with Crippen LogP contribution in [0.25, 0.3) is 0 Å². The molecule has 0 fully saturated rings. The van der Waals surface area contributed by atoms with Crippen LogP contribution in [-0.4, -0.2) is 32.0 Å². The predicted octanol–water partition coefficient (Wildman–Crippen LogP) is 2.70. The second kappa shape index (κ2) is 9.26. The minimum absolute atomic E-state index is 0.0933. The Kier molecular flexibility index (Phi) is 6.25. The van der Waals surface area contributed by atoms with E-state index in [4.69, 9.17) is 6.42 Å². The minimum Gasteiger partial charge on any atom is -0.372 e. The average Bonchev–Trinajstić information content (AvgIpc) is 3.19. The van der Waals surface area contributed by atoms with Gasteiger partial charge in [0.15, 0.2) is 6.23 Å². The van der Waals surface area contributed by atoms with Crippen molar-refractivity contribution in [1.29, 1.82) is 0 Å². The zero-order valence-corrected chi connectivity index (χ0v) is 17.0. The fourth-order valence-electron chi connectivity index (χ4n) is 3.82. The quantitative estimate of drug-likeness (QED) is 0.407. The van der Waals surface area contributed by atoms with Crippen LogP contribution < -0.4 is 10.6 Å². The molecule has 0 saturated carbocycles. The second-order valence-corrected chi connectivity index (χ2v) is 7.63. The van der Waals surface area contributed by atoms with Gasteiger partial charge in [-0.15, -0.1) is 17.4 Å². The molecule has 164 valence electrons. The number of benzene rings is 2. The molecule has 1 aromatic heterocycles. The Morgan fingerprint density at radius 3 is 2.84 bits per heavy atom. The summed E-state index contributed by atoms with van der Waals surface area (Å²) in [5.74, 6) is -0.185. The summed E-state index contributed by atoms with van der Waals surface area (Å²) in [6.07, 6.45) is 6.03. The third-order valence-electron chi connectivity index (χ3n) is 5.36. The number of aliphatic hydroxyl groups is 1. The molecule has 9 heteroatoms. The molecular formula is C23H21F2N5O2. The zero-order valence-electron chi connectivity index (χ0n) is 17.0. The van der Waals surface area contributed by atoms with E-state index < -0.39 is 35.7 Å². The minimum atomic E-state index is -1.30. The summed E-state index contributed by atoms with van der Waals surface area (Å²) in [4.78, 5) is 12.7. The largest absolute Gasteiger partial charge is 0.372 e. The van der Waals surface area contributed by atoms with Crippen molar-refractivity contribution >= 4 is 11.6 Å². The fraction of sp³-hybridized carbons (Fsp3) is 0.261. The number of halogens is 2. The van der Waals surface area contributed by atoms with E-state index in [1.165, 1.54) is 6.07 Å². The summed E-state index contributed by atoms with van der Waals surface area (Å²) in [6.45, 7) is 0.467. The Labute approximate surface area is 183 Å². The SMILES string of the molecule is C#CC[C@H]1C[C@@H](NC(O)c2cn(Cc3ccccc3)nn2)C(=O)Nc2c(F)cc(F)cc21. The lowest BCUT2D eigenvalue weighted by molar-refractivity contribution is -0.119.